The highest BCUT2D eigenvalue weighted by atomic mass is 32.2. The van der Waals surface area contributed by atoms with Crippen molar-refractivity contribution in [3.63, 3.8) is 0 Å². The van der Waals surface area contributed by atoms with Crippen LogP contribution in [0.4, 0.5) is 0 Å². The van der Waals surface area contributed by atoms with Gasteiger partial charge in [0.05, 0.1) is 11.8 Å². The maximum atomic E-state index is 5.74. The fourth-order valence-corrected chi connectivity index (χ4v) is 3.39. The van der Waals surface area contributed by atoms with Crippen LogP contribution in [-0.2, 0) is 13.0 Å². The van der Waals surface area contributed by atoms with Gasteiger partial charge in [-0.2, -0.15) is 0 Å². The smallest absolute Gasteiger partial charge is 0.230 e. The van der Waals surface area contributed by atoms with Gasteiger partial charge in [-0.25, -0.2) is 0 Å². The molecular formula is C14H17N3OS. The monoisotopic (exact) mass is 275 g/mol. The van der Waals surface area contributed by atoms with E-state index in [0.717, 1.165) is 25.3 Å². The van der Waals surface area contributed by atoms with Crippen LogP contribution in [0.25, 0.3) is 0 Å². The van der Waals surface area contributed by atoms with Crippen molar-refractivity contribution < 1.29 is 4.42 Å². The second-order valence-electron chi connectivity index (χ2n) is 4.63. The van der Waals surface area contributed by atoms with Crippen LogP contribution in [0.2, 0.25) is 0 Å². The first-order valence-corrected chi connectivity index (χ1v) is 7.52. The van der Waals surface area contributed by atoms with Gasteiger partial charge in [0, 0.05) is 4.90 Å². The first-order chi connectivity index (χ1) is 9.36. The second-order valence-corrected chi connectivity index (χ2v) is 5.87. The summed E-state index contributed by atoms with van der Waals surface area (Å²) in [6.07, 6.45) is 2.08. The van der Waals surface area contributed by atoms with Crippen molar-refractivity contribution >= 4 is 11.8 Å². The molecule has 2 aromatic rings. The largest absolute Gasteiger partial charge is 0.423 e. The number of benzene rings is 1. The van der Waals surface area contributed by atoms with E-state index in [1.807, 2.05) is 11.8 Å². The lowest BCUT2D eigenvalue weighted by molar-refractivity contribution is 0.430. The summed E-state index contributed by atoms with van der Waals surface area (Å²) in [5, 5.41) is 11.8. The Morgan fingerprint density at radius 3 is 3.11 bits per heavy atom. The van der Waals surface area contributed by atoms with Crippen LogP contribution in [0.1, 0.15) is 35.9 Å². The molecule has 0 saturated heterocycles. The van der Waals surface area contributed by atoms with Crippen molar-refractivity contribution in [2.45, 2.75) is 36.5 Å². The van der Waals surface area contributed by atoms with Gasteiger partial charge >= 0.3 is 0 Å². The molecule has 1 unspecified atom stereocenters. The highest BCUT2D eigenvalue weighted by Crippen LogP contribution is 2.45. The third-order valence-electron chi connectivity index (χ3n) is 3.11. The average Bonchev–Trinajstić information content (AvgIpc) is 3.04. The molecule has 0 radical (unpaired) electrons. The van der Waals surface area contributed by atoms with Crippen molar-refractivity contribution in [1.29, 1.82) is 0 Å². The predicted octanol–water partition coefficient (Wildman–Crippen LogP) is 2.96. The molecule has 0 aliphatic carbocycles. The SMILES string of the molecule is CCCNCc1nnc(C2Cc3ccccc3S2)o1. The second kappa shape index (κ2) is 5.75. The van der Waals surface area contributed by atoms with Gasteiger partial charge in [0.2, 0.25) is 11.8 Å². The molecule has 4 nitrogen and oxygen atoms in total. The average molecular weight is 275 g/mol. The van der Waals surface area contributed by atoms with E-state index in [1.165, 1.54) is 10.5 Å². The zero-order valence-electron chi connectivity index (χ0n) is 10.9. The minimum atomic E-state index is 0.268. The highest BCUT2D eigenvalue weighted by Gasteiger charge is 2.27. The molecule has 0 saturated carbocycles. The third kappa shape index (κ3) is 2.82. The Balaban J connectivity index is 1.65. The fraction of sp³-hybridized carbons (Fsp3) is 0.429. The van der Waals surface area contributed by atoms with E-state index in [9.17, 15) is 0 Å². The summed E-state index contributed by atoms with van der Waals surface area (Å²) in [4.78, 5) is 1.33. The topological polar surface area (TPSA) is 51.0 Å². The van der Waals surface area contributed by atoms with Crippen LogP contribution >= 0.6 is 11.8 Å². The number of thioether (sulfide) groups is 1. The summed E-state index contributed by atoms with van der Waals surface area (Å²) in [6.45, 7) is 3.77. The summed E-state index contributed by atoms with van der Waals surface area (Å²) in [5.41, 5.74) is 1.38. The normalized spacial score (nSPS) is 17.6. The molecular weight excluding hydrogens is 258 g/mol. The maximum absolute atomic E-state index is 5.74. The van der Waals surface area contributed by atoms with Gasteiger partial charge in [-0.3, -0.25) is 0 Å². The number of hydrogen-bond acceptors (Lipinski definition) is 5. The Morgan fingerprint density at radius 1 is 1.37 bits per heavy atom. The Morgan fingerprint density at radius 2 is 2.26 bits per heavy atom. The van der Waals surface area contributed by atoms with E-state index in [4.69, 9.17) is 4.42 Å². The molecule has 1 aromatic carbocycles. The van der Waals surface area contributed by atoms with Gasteiger partial charge in [0.15, 0.2) is 0 Å². The number of rotatable bonds is 5. The van der Waals surface area contributed by atoms with Crippen LogP contribution in [0.15, 0.2) is 33.6 Å². The van der Waals surface area contributed by atoms with Gasteiger partial charge < -0.3 is 9.73 Å². The molecule has 100 valence electrons. The molecule has 1 aliphatic heterocycles. The van der Waals surface area contributed by atoms with Crippen LogP contribution < -0.4 is 5.32 Å². The summed E-state index contributed by atoms with van der Waals surface area (Å²) in [6, 6.07) is 8.47. The van der Waals surface area contributed by atoms with Crippen molar-refractivity contribution in [3.05, 3.63) is 41.6 Å². The Labute approximate surface area is 117 Å². The molecule has 0 amide bonds. The lowest BCUT2D eigenvalue weighted by atomic mass is 10.1. The van der Waals surface area contributed by atoms with Gasteiger partial charge in [-0.05, 0) is 31.0 Å². The van der Waals surface area contributed by atoms with E-state index in [2.05, 4.69) is 46.7 Å². The van der Waals surface area contributed by atoms with Crippen molar-refractivity contribution in [3.8, 4) is 0 Å². The number of aromatic nitrogens is 2. The van der Waals surface area contributed by atoms with Crippen molar-refractivity contribution in [2.24, 2.45) is 0 Å². The van der Waals surface area contributed by atoms with E-state index in [1.54, 1.807) is 0 Å². The molecule has 1 atom stereocenters. The first-order valence-electron chi connectivity index (χ1n) is 6.64. The molecule has 0 fully saturated rings. The standard InChI is InChI=1S/C14H17N3OS/c1-2-7-15-9-13-16-17-14(18-13)12-8-10-5-3-4-6-11(10)19-12/h3-6,12,15H,2,7-9H2,1H3. The molecule has 1 aliphatic rings. The fourth-order valence-electron chi connectivity index (χ4n) is 2.16. The van der Waals surface area contributed by atoms with E-state index < -0.39 is 0 Å². The summed E-state index contributed by atoms with van der Waals surface area (Å²) in [5.74, 6) is 1.43. The van der Waals surface area contributed by atoms with Crippen LogP contribution in [0.5, 0.6) is 0 Å². The predicted molar refractivity (Wildman–Crippen MR) is 75.0 cm³/mol. The minimum absolute atomic E-state index is 0.268. The molecule has 5 heteroatoms. The number of nitrogens with zero attached hydrogens (tertiary/aromatic N) is 2. The van der Waals surface area contributed by atoms with Crippen LogP contribution in [0, 0.1) is 0 Å². The van der Waals surface area contributed by atoms with Crippen molar-refractivity contribution in [1.82, 2.24) is 15.5 Å². The first kappa shape index (κ1) is 12.7. The Bertz CT molecular complexity index is 530. The summed E-state index contributed by atoms with van der Waals surface area (Å²) in [7, 11) is 0. The molecule has 0 bridgehead atoms. The lowest BCUT2D eigenvalue weighted by Crippen LogP contribution is -2.13. The molecule has 19 heavy (non-hydrogen) atoms. The van der Waals surface area contributed by atoms with E-state index in [-0.39, 0.29) is 5.25 Å². The molecule has 1 aromatic heterocycles. The van der Waals surface area contributed by atoms with Crippen molar-refractivity contribution in [2.75, 3.05) is 6.54 Å². The minimum Gasteiger partial charge on any atom is -0.423 e. The van der Waals surface area contributed by atoms with Crippen LogP contribution in [-0.4, -0.2) is 16.7 Å². The number of fused-ring (bicyclic) bond motifs is 1. The highest BCUT2D eigenvalue weighted by molar-refractivity contribution is 7.99. The summed E-state index contributed by atoms with van der Waals surface area (Å²) >= 11 is 1.81. The quantitative estimate of drug-likeness (QED) is 0.850. The van der Waals surface area contributed by atoms with Gasteiger partial charge in [-0.15, -0.1) is 22.0 Å². The molecule has 3 rings (SSSR count). The Hall–Kier alpha value is -1.33. The Kier molecular flexibility index (Phi) is 3.84. The lowest BCUT2D eigenvalue weighted by Gasteiger charge is -2.01. The van der Waals surface area contributed by atoms with E-state index >= 15 is 0 Å². The zero-order valence-corrected chi connectivity index (χ0v) is 11.7. The number of hydrogen-bond donors (Lipinski definition) is 1. The molecule has 2 heterocycles. The van der Waals surface area contributed by atoms with E-state index in [0.29, 0.717) is 12.4 Å². The van der Waals surface area contributed by atoms with Crippen LogP contribution in [0.3, 0.4) is 0 Å². The zero-order chi connectivity index (χ0) is 13.1. The van der Waals surface area contributed by atoms with Gasteiger partial charge in [0.1, 0.15) is 0 Å². The molecule has 1 N–H and O–H groups in total. The van der Waals surface area contributed by atoms with Gasteiger partial charge in [-0.1, -0.05) is 25.1 Å². The number of nitrogens with one attached hydrogen (secondary N) is 1. The maximum Gasteiger partial charge on any atom is 0.230 e. The summed E-state index contributed by atoms with van der Waals surface area (Å²) < 4.78 is 5.74. The third-order valence-corrected chi connectivity index (χ3v) is 4.41. The van der Waals surface area contributed by atoms with Gasteiger partial charge in [0.25, 0.3) is 0 Å². The molecule has 0 spiro atoms.